The quantitative estimate of drug-likeness (QED) is 0.687. The number of nitrogens with two attached hydrogens (primary N) is 1. The van der Waals surface area contributed by atoms with Crippen LogP contribution in [-0.2, 0) is 0 Å². The average molecular weight is 240 g/mol. The molecule has 1 rings (SSSR count). The fourth-order valence-corrected chi connectivity index (χ4v) is 1.62. The van der Waals surface area contributed by atoms with Crippen LogP contribution in [0.1, 0.15) is 26.7 Å². The largest absolute Gasteiger partial charge is 0.490 e. The number of hydrogen-bond acceptors (Lipinski definition) is 6. The van der Waals surface area contributed by atoms with Gasteiger partial charge in [-0.3, -0.25) is 0 Å². The molecule has 0 bridgehead atoms. The summed E-state index contributed by atoms with van der Waals surface area (Å²) in [7, 11) is 1.51. The molecule has 0 unspecified atom stereocenters. The Bertz CT molecular complexity index is 358. The van der Waals surface area contributed by atoms with Crippen LogP contribution in [0.25, 0.3) is 0 Å². The molecule has 1 aromatic rings. The molecular weight excluding hydrogens is 220 g/mol. The van der Waals surface area contributed by atoms with E-state index in [1.807, 2.05) is 13.8 Å². The standard InChI is InChI=1S/C11H20N4O2/c1-4-11(5-2,6-16)15-10-8(17-3)9(12)13-7-14-10/h7,16H,4-6H2,1-3H3,(H3,12,13,14,15). The van der Waals surface area contributed by atoms with Crippen molar-refractivity contribution in [2.24, 2.45) is 0 Å². The Morgan fingerprint density at radius 3 is 2.53 bits per heavy atom. The predicted octanol–water partition coefficient (Wildman–Crippen LogP) is 1.03. The van der Waals surface area contributed by atoms with Crippen molar-refractivity contribution >= 4 is 11.6 Å². The van der Waals surface area contributed by atoms with Crippen LogP contribution in [0.4, 0.5) is 11.6 Å². The topological polar surface area (TPSA) is 93.3 Å². The van der Waals surface area contributed by atoms with Crippen molar-refractivity contribution in [2.45, 2.75) is 32.2 Å². The minimum atomic E-state index is -0.409. The molecule has 0 radical (unpaired) electrons. The van der Waals surface area contributed by atoms with Crippen LogP contribution >= 0.6 is 0 Å². The molecule has 0 amide bonds. The summed E-state index contributed by atoms with van der Waals surface area (Å²) in [6.07, 6.45) is 2.91. The van der Waals surface area contributed by atoms with Gasteiger partial charge in [0.15, 0.2) is 11.6 Å². The second-order valence-electron chi connectivity index (χ2n) is 3.91. The van der Waals surface area contributed by atoms with Gasteiger partial charge >= 0.3 is 0 Å². The number of aromatic nitrogens is 2. The SMILES string of the molecule is CCC(CC)(CO)Nc1ncnc(N)c1OC. The highest BCUT2D eigenvalue weighted by atomic mass is 16.5. The van der Waals surface area contributed by atoms with E-state index < -0.39 is 5.54 Å². The van der Waals surface area contributed by atoms with E-state index in [4.69, 9.17) is 10.5 Å². The summed E-state index contributed by atoms with van der Waals surface area (Å²) in [4.78, 5) is 7.96. The summed E-state index contributed by atoms with van der Waals surface area (Å²) in [6.45, 7) is 4.03. The number of aliphatic hydroxyl groups excluding tert-OH is 1. The van der Waals surface area contributed by atoms with Crippen LogP contribution in [0.2, 0.25) is 0 Å². The molecule has 17 heavy (non-hydrogen) atoms. The third-order valence-electron chi connectivity index (χ3n) is 3.08. The molecule has 1 aromatic heterocycles. The van der Waals surface area contributed by atoms with Crippen molar-refractivity contribution in [1.82, 2.24) is 9.97 Å². The molecule has 0 fully saturated rings. The fourth-order valence-electron chi connectivity index (χ4n) is 1.62. The van der Waals surface area contributed by atoms with Crippen molar-refractivity contribution in [3.05, 3.63) is 6.33 Å². The second-order valence-corrected chi connectivity index (χ2v) is 3.91. The van der Waals surface area contributed by atoms with Gasteiger partial charge in [-0.2, -0.15) is 0 Å². The van der Waals surface area contributed by atoms with Gasteiger partial charge in [-0.1, -0.05) is 13.8 Å². The van der Waals surface area contributed by atoms with Crippen LogP contribution in [-0.4, -0.2) is 34.3 Å². The molecule has 0 aliphatic heterocycles. The molecule has 4 N–H and O–H groups in total. The van der Waals surface area contributed by atoms with Gasteiger partial charge < -0.3 is 20.9 Å². The van der Waals surface area contributed by atoms with Crippen LogP contribution in [0.5, 0.6) is 5.75 Å². The first-order valence-corrected chi connectivity index (χ1v) is 5.66. The van der Waals surface area contributed by atoms with Gasteiger partial charge in [0.25, 0.3) is 0 Å². The van der Waals surface area contributed by atoms with Gasteiger partial charge in [0.1, 0.15) is 6.33 Å². The molecular formula is C11H20N4O2. The number of aliphatic hydroxyl groups is 1. The van der Waals surface area contributed by atoms with Gasteiger partial charge in [-0.05, 0) is 12.8 Å². The smallest absolute Gasteiger partial charge is 0.203 e. The van der Waals surface area contributed by atoms with E-state index in [2.05, 4.69) is 15.3 Å². The van der Waals surface area contributed by atoms with E-state index in [0.717, 1.165) is 12.8 Å². The molecule has 0 atom stereocenters. The molecule has 0 aliphatic rings. The highest BCUT2D eigenvalue weighted by Gasteiger charge is 2.27. The highest BCUT2D eigenvalue weighted by Crippen LogP contribution is 2.30. The van der Waals surface area contributed by atoms with E-state index in [9.17, 15) is 5.11 Å². The Morgan fingerprint density at radius 2 is 2.06 bits per heavy atom. The lowest BCUT2D eigenvalue weighted by molar-refractivity contribution is 0.201. The summed E-state index contributed by atoms with van der Waals surface area (Å²) in [5, 5.41) is 12.7. The first kappa shape index (κ1) is 13.5. The van der Waals surface area contributed by atoms with Gasteiger partial charge in [0.05, 0.1) is 19.3 Å². The molecule has 1 heterocycles. The zero-order valence-corrected chi connectivity index (χ0v) is 10.5. The van der Waals surface area contributed by atoms with E-state index in [0.29, 0.717) is 11.6 Å². The molecule has 96 valence electrons. The first-order valence-electron chi connectivity index (χ1n) is 5.66. The van der Waals surface area contributed by atoms with Gasteiger partial charge in [0, 0.05) is 0 Å². The van der Waals surface area contributed by atoms with Crippen LogP contribution in [0.15, 0.2) is 6.33 Å². The lowest BCUT2D eigenvalue weighted by Crippen LogP contribution is -2.41. The number of nitrogens with one attached hydrogen (secondary N) is 1. The van der Waals surface area contributed by atoms with Gasteiger partial charge in [-0.15, -0.1) is 0 Å². The Balaban J connectivity index is 3.05. The van der Waals surface area contributed by atoms with Crippen LogP contribution in [0, 0.1) is 0 Å². The molecule has 0 saturated carbocycles. The number of rotatable bonds is 6. The highest BCUT2D eigenvalue weighted by molar-refractivity contribution is 5.62. The maximum absolute atomic E-state index is 9.49. The van der Waals surface area contributed by atoms with Crippen molar-refractivity contribution in [3.8, 4) is 5.75 Å². The number of nitrogen functional groups attached to an aromatic ring is 1. The molecule has 0 aromatic carbocycles. The van der Waals surface area contributed by atoms with E-state index in [1.54, 1.807) is 0 Å². The third kappa shape index (κ3) is 2.76. The Morgan fingerprint density at radius 1 is 1.41 bits per heavy atom. The maximum Gasteiger partial charge on any atom is 0.203 e. The van der Waals surface area contributed by atoms with Crippen molar-refractivity contribution in [1.29, 1.82) is 0 Å². The number of ether oxygens (including phenoxy) is 1. The van der Waals surface area contributed by atoms with E-state index in [1.165, 1.54) is 13.4 Å². The van der Waals surface area contributed by atoms with E-state index >= 15 is 0 Å². The van der Waals surface area contributed by atoms with Gasteiger partial charge in [-0.25, -0.2) is 9.97 Å². The van der Waals surface area contributed by atoms with Crippen molar-refractivity contribution < 1.29 is 9.84 Å². The molecule has 0 saturated heterocycles. The molecule has 6 nitrogen and oxygen atoms in total. The Labute approximate surface area is 101 Å². The summed E-state index contributed by atoms with van der Waals surface area (Å²) in [5.41, 5.74) is 5.29. The predicted molar refractivity (Wildman–Crippen MR) is 67.0 cm³/mol. The monoisotopic (exact) mass is 240 g/mol. The van der Waals surface area contributed by atoms with Crippen molar-refractivity contribution in [3.63, 3.8) is 0 Å². The Hall–Kier alpha value is -1.56. The van der Waals surface area contributed by atoms with Gasteiger partial charge in [0.2, 0.25) is 5.75 Å². The molecule has 0 aliphatic carbocycles. The van der Waals surface area contributed by atoms with E-state index in [-0.39, 0.29) is 12.4 Å². The average Bonchev–Trinajstić information content (AvgIpc) is 2.36. The molecule has 6 heteroatoms. The summed E-state index contributed by atoms with van der Waals surface area (Å²) in [6, 6.07) is 0. The number of nitrogens with zero attached hydrogens (tertiary/aromatic N) is 2. The summed E-state index contributed by atoms with van der Waals surface area (Å²) < 4.78 is 5.16. The first-order chi connectivity index (χ1) is 8.12. The lowest BCUT2D eigenvalue weighted by Gasteiger charge is -2.31. The number of hydrogen-bond donors (Lipinski definition) is 3. The number of methoxy groups -OCH3 is 1. The third-order valence-corrected chi connectivity index (χ3v) is 3.08. The minimum Gasteiger partial charge on any atom is -0.490 e. The minimum absolute atomic E-state index is 0.0209. The summed E-state index contributed by atoms with van der Waals surface area (Å²) >= 11 is 0. The van der Waals surface area contributed by atoms with Crippen LogP contribution in [0.3, 0.4) is 0 Å². The zero-order chi connectivity index (χ0) is 12.9. The molecule has 0 spiro atoms. The second kappa shape index (κ2) is 5.67. The lowest BCUT2D eigenvalue weighted by atomic mass is 9.94. The summed E-state index contributed by atoms with van der Waals surface area (Å²) in [5.74, 6) is 1.20. The fraction of sp³-hybridized carbons (Fsp3) is 0.636. The normalized spacial score (nSPS) is 11.3. The maximum atomic E-state index is 9.49. The van der Waals surface area contributed by atoms with Crippen LogP contribution < -0.4 is 15.8 Å². The zero-order valence-electron chi connectivity index (χ0n) is 10.5. The van der Waals surface area contributed by atoms with Crippen molar-refractivity contribution in [2.75, 3.05) is 24.8 Å². The Kier molecular flexibility index (Phi) is 4.51. The number of anilines is 2.